The lowest BCUT2D eigenvalue weighted by Crippen LogP contribution is -2.14. The maximum absolute atomic E-state index is 13.7. The lowest BCUT2D eigenvalue weighted by atomic mass is 10.2. The molecule has 1 N–H and O–H groups in total. The number of carbonyl (C=O) groups excluding carboxylic acids is 2. The molecule has 7 heteroatoms. The molecule has 0 aliphatic rings. The van der Waals surface area contributed by atoms with Crippen LogP contribution in [-0.4, -0.2) is 24.0 Å². The van der Waals surface area contributed by atoms with E-state index in [1.54, 1.807) is 0 Å². The van der Waals surface area contributed by atoms with Gasteiger partial charge in [-0.1, -0.05) is 11.6 Å². The van der Waals surface area contributed by atoms with Gasteiger partial charge in [-0.05, 0) is 24.3 Å². The number of carbonyl (C=O) groups is 2. The van der Waals surface area contributed by atoms with Gasteiger partial charge in [-0.2, -0.15) is 0 Å². The molecule has 2 rings (SSSR count). The Labute approximate surface area is 124 Å². The number of aromatic nitrogens is 1. The fourth-order valence-electron chi connectivity index (χ4n) is 1.61. The highest BCUT2D eigenvalue weighted by atomic mass is 35.5. The fraction of sp³-hybridized carbons (Fsp3) is 0.0714. The first-order valence-electron chi connectivity index (χ1n) is 5.81. The zero-order valence-electron chi connectivity index (χ0n) is 10.9. The van der Waals surface area contributed by atoms with E-state index in [4.69, 9.17) is 11.6 Å². The van der Waals surface area contributed by atoms with Gasteiger partial charge in [0.05, 0.1) is 28.9 Å². The minimum atomic E-state index is -0.679. The number of nitrogens with one attached hydrogen (secondary N) is 1. The maximum Gasteiger partial charge on any atom is 0.337 e. The molecule has 108 valence electrons. The molecular weight excluding hydrogens is 299 g/mol. The van der Waals surface area contributed by atoms with Crippen LogP contribution in [0.2, 0.25) is 5.02 Å². The topological polar surface area (TPSA) is 68.3 Å². The average Bonchev–Trinajstić information content (AvgIpc) is 2.49. The second-order valence-corrected chi connectivity index (χ2v) is 4.40. The number of anilines is 1. The summed E-state index contributed by atoms with van der Waals surface area (Å²) in [5.41, 5.74) is 0.125. The second-order valence-electron chi connectivity index (χ2n) is 4.00. The molecule has 21 heavy (non-hydrogen) atoms. The summed E-state index contributed by atoms with van der Waals surface area (Å²) in [6, 6.07) is 4.92. The van der Waals surface area contributed by atoms with Gasteiger partial charge in [-0.3, -0.25) is 9.78 Å². The van der Waals surface area contributed by atoms with E-state index < -0.39 is 17.7 Å². The quantitative estimate of drug-likeness (QED) is 0.885. The number of halogens is 2. The molecule has 0 spiro atoms. The minimum absolute atomic E-state index is 0.120. The summed E-state index contributed by atoms with van der Waals surface area (Å²) in [5.74, 6) is -1.92. The van der Waals surface area contributed by atoms with Gasteiger partial charge in [-0.25, -0.2) is 9.18 Å². The van der Waals surface area contributed by atoms with Crippen molar-refractivity contribution in [3.8, 4) is 0 Å². The van der Waals surface area contributed by atoms with Gasteiger partial charge >= 0.3 is 5.97 Å². The van der Waals surface area contributed by atoms with Crippen LogP contribution in [0.5, 0.6) is 0 Å². The fourth-order valence-corrected chi connectivity index (χ4v) is 1.82. The van der Waals surface area contributed by atoms with Crippen molar-refractivity contribution in [2.45, 2.75) is 0 Å². The number of amides is 1. The van der Waals surface area contributed by atoms with Crippen molar-refractivity contribution in [3.05, 3.63) is 58.6 Å². The van der Waals surface area contributed by atoms with Gasteiger partial charge in [0.25, 0.3) is 5.91 Å². The molecule has 1 heterocycles. The number of hydrogen-bond acceptors (Lipinski definition) is 4. The monoisotopic (exact) mass is 308 g/mol. The highest BCUT2D eigenvalue weighted by Gasteiger charge is 2.15. The summed E-state index contributed by atoms with van der Waals surface area (Å²) in [4.78, 5) is 27.2. The maximum atomic E-state index is 13.7. The van der Waals surface area contributed by atoms with Crippen LogP contribution in [-0.2, 0) is 4.74 Å². The van der Waals surface area contributed by atoms with Crippen LogP contribution in [0.3, 0.4) is 0 Å². The number of ether oxygens (including phenoxy) is 1. The normalized spacial score (nSPS) is 10.0. The summed E-state index contributed by atoms with van der Waals surface area (Å²) < 4.78 is 18.2. The smallest absolute Gasteiger partial charge is 0.337 e. The lowest BCUT2D eigenvalue weighted by Gasteiger charge is -2.09. The van der Waals surface area contributed by atoms with Gasteiger partial charge in [0.1, 0.15) is 5.82 Å². The Hall–Kier alpha value is -2.47. The number of esters is 1. The Kier molecular flexibility index (Phi) is 4.49. The van der Waals surface area contributed by atoms with Crippen molar-refractivity contribution < 1.29 is 18.7 Å². The van der Waals surface area contributed by atoms with Crippen LogP contribution < -0.4 is 5.32 Å². The molecule has 0 fully saturated rings. The van der Waals surface area contributed by atoms with Crippen molar-refractivity contribution in [1.29, 1.82) is 0 Å². The number of hydrogen-bond donors (Lipinski definition) is 1. The lowest BCUT2D eigenvalue weighted by molar-refractivity contribution is 0.0600. The van der Waals surface area contributed by atoms with Crippen LogP contribution in [0.15, 0.2) is 36.7 Å². The van der Waals surface area contributed by atoms with Gasteiger partial charge in [0, 0.05) is 12.4 Å². The van der Waals surface area contributed by atoms with Crippen LogP contribution in [0.1, 0.15) is 20.7 Å². The summed E-state index contributed by atoms with van der Waals surface area (Å²) >= 11 is 5.84. The summed E-state index contributed by atoms with van der Waals surface area (Å²) in [6.07, 6.45) is 2.69. The highest BCUT2D eigenvalue weighted by molar-refractivity contribution is 6.34. The predicted molar refractivity (Wildman–Crippen MR) is 74.9 cm³/mol. The zero-order valence-corrected chi connectivity index (χ0v) is 11.6. The highest BCUT2D eigenvalue weighted by Crippen LogP contribution is 2.20. The Balaban J connectivity index is 2.29. The molecule has 1 aromatic carbocycles. The van der Waals surface area contributed by atoms with Gasteiger partial charge in [0.2, 0.25) is 0 Å². The summed E-state index contributed by atoms with van der Waals surface area (Å²) in [5, 5.41) is 2.49. The third-order valence-corrected chi connectivity index (χ3v) is 2.95. The van der Waals surface area contributed by atoms with Gasteiger partial charge in [0.15, 0.2) is 0 Å². The minimum Gasteiger partial charge on any atom is -0.465 e. The van der Waals surface area contributed by atoms with Crippen LogP contribution in [0.25, 0.3) is 0 Å². The average molecular weight is 309 g/mol. The third-order valence-electron chi connectivity index (χ3n) is 2.65. The van der Waals surface area contributed by atoms with E-state index in [0.29, 0.717) is 0 Å². The van der Waals surface area contributed by atoms with Crippen LogP contribution in [0, 0.1) is 5.82 Å². The predicted octanol–water partition coefficient (Wildman–Crippen LogP) is 2.91. The summed E-state index contributed by atoms with van der Waals surface area (Å²) in [7, 11) is 1.21. The molecular formula is C14H10ClFN2O3. The Bertz CT molecular complexity index is 706. The van der Waals surface area contributed by atoms with Gasteiger partial charge in [-0.15, -0.1) is 0 Å². The zero-order chi connectivity index (χ0) is 15.4. The molecule has 0 radical (unpaired) electrons. The summed E-state index contributed by atoms with van der Waals surface area (Å²) in [6.45, 7) is 0. The molecule has 2 aromatic rings. The molecule has 0 saturated heterocycles. The number of pyridine rings is 1. The van der Waals surface area contributed by atoms with Crippen molar-refractivity contribution in [1.82, 2.24) is 4.98 Å². The van der Waals surface area contributed by atoms with E-state index in [9.17, 15) is 14.0 Å². The molecule has 0 bridgehead atoms. The van der Waals surface area contributed by atoms with E-state index >= 15 is 0 Å². The van der Waals surface area contributed by atoms with Gasteiger partial charge < -0.3 is 10.1 Å². The number of methoxy groups -OCH3 is 1. The van der Waals surface area contributed by atoms with Crippen molar-refractivity contribution in [3.63, 3.8) is 0 Å². The largest absolute Gasteiger partial charge is 0.465 e. The van der Waals surface area contributed by atoms with Crippen molar-refractivity contribution in [2.24, 2.45) is 0 Å². The standard InChI is InChI=1S/C14H10ClFN2O3/c1-21-14(20)8-2-3-11(16)12(6-8)18-13(19)9-4-5-17-7-10(9)15/h2-7H,1H3,(H,18,19). The molecule has 5 nitrogen and oxygen atoms in total. The van der Waals surface area contributed by atoms with Crippen LogP contribution in [0.4, 0.5) is 10.1 Å². The second kappa shape index (κ2) is 6.32. The molecule has 0 atom stereocenters. The molecule has 0 aliphatic carbocycles. The van der Waals surface area contributed by atoms with E-state index in [0.717, 1.165) is 6.07 Å². The molecule has 0 aliphatic heterocycles. The molecule has 0 unspecified atom stereocenters. The first-order chi connectivity index (χ1) is 10.0. The molecule has 0 saturated carbocycles. The van der Waals surface area contributed by atoms with Crippen molar-refractivity contribution in [2.75, 3.05) is 12.4 Å². The first-order valence-corrected chi connectivity index (χ1v) is 6.19. The van der Waals surface area contributed by atoms with Crippen LogP contribution >= 0.6 is 11.6 Å². The molecule has 1 amide bonds. The first kappa shape index (κ1) is 14.9. The van der Waals surface area contributed by atoms with E-state index in [1.165, 1.54) is 37.7 Å². The number of rotatable bonds is 3. The number of nitrogens with zero attached hydrogens (tertiary/aromatic N) is 1. The van der Waals surface area contributed by atoms with E-state index in [2.05, 4.69) is 15.0 Å². The van der Waals surface area contributed by atoms with E-state index in [-0.39, 0.29) is 21.8 Å². The number of benzene rings is 1. The van der Waals surface area contributed by atoms with E-state index in [1.807, 2.05) is 0 Å². The van der Waals surface area contributed by atoms with Crippen molar-refractivity contribution >= 4 is 29.2 Å². The Morgan fingerprint density at radius 1 is 1.33 bits per heavy atom. The Morgan fingerprint density at radius 3 is 2.76 bits per heavy atom. The molecule has 1 aromatic heterocycles. The SMILES string of the molecule is COC(=O)c1ccc(F)c(NC(=O)c2ccncc2Cl)c1. The Morgan fingerprint density at radius 2 is 2.10 bits per heavy atom. The third kappa shape index (κ3) is 3.35.